The van der Waals surface area contributed by atoms with E-state index in [1.807, 2.05) is 36.8 Å². The van der Waals surface area contributed by atoms with Gasteiger partial charge < -0.3 is 5.32 Å². The predicted octanol–water partition coefficient (Wildman–Crippen LogP) is 4.11. The van der Waals surface area contributed by atoms with Gasteiger partial charge in [0.1, 0.15) is 5.82 Å². The highest BCUT2D eigenvalue weighted by Gasteiger charge is 2.09. The molecule has 2 aromatic rings. The number of halogens is 1. The standard InChI is InChI=1S/C14H16BrN3/c1-3-13(11-4-6-16-7-5-11)18-14-8-10(2)12(15)9-17-14/h4-9,13H,3H2,1-2H3,(H,17,18). The molecule has 0 saturated heterocycles. The first kappa shape index (κ1) is 13.0. The second-order valence-electron chi connectivity index (χ2n) is 4.20. The topological polar surface area (TPSA) is 37.8 Å². The summed E-state index contributed by atoms with van der Waals surface area (Å²) in [5.74, 6) is 0.902. The molecule has 0 saturated carbocycles. The van der Waals surface area contributed by atoms with E-state index in [0.717, 1.165) is 16.7 Å². The van der Waals surface area contributed by atoms with Crippen LogP contribution in [0.5, 0.6) is 0 Å². The van der Waals surface area contributed by atoms with Crippen molar-refractivity contribution in [1.29, 1.82) is 0 Å². The molecule has 18 heavy (non-hydrogen) atoms. The van der Waals surface area contributed by atoms with Gasteiger partial charge in [-0.05, 0) is 58.6 Å². The zero-order valence-corrected chi connectivity index (χ0v) is 12.1. The Balaban J connectivity index is 2.18. The molecule has 0 spiro atoms. The van der Waals surface area contributed by atoms with Crippen molar-refractivity contribution in [3.63, 3.8) is 0 Å². The quantitative estimate of drug-likeness (QED) is 0.923. The number of anilines is 1. The summed E-state index contributed by atoms with van der Waals surface area (Å²) in [6, 6.07) is 6.38. The Bertz CT molecular complexity index is 514. The zero-order chi connectivity index (χ0) is 13.0. The fraction of sp³-hybridized carbons (Fsp3) is 0.286. The number of hydrogen-bond acceptors (Lipinski definition) is 3. The highest BCUT2D eigenvalue weighted by Crippen LogP contribution is 2.23. The Labute approximate surface area is 116 Å². The Morgan fingerprint density at radius 3 is 2.67 bits per heavy atom. The van der Waals surface area contributed by atoms with Crippen molar-refractivity contribution in [3.05, 3.63) is 52.4 Å². The molecule has 0 amide bonds. The Kier molecular flexibility index (Phi) is 4.31. The van der Waals surface area contributed by atoms with Gasteiger partial charge in [-0.3, -0.25) is 4.98 Å². The molecule has 3 nitrogen and oxygen atoms in total. The van der Waals surface area contributed by atoms with E-state index >= 15 is 0 Å². The van der Waals surface area contributed by atoms with Crippen LogP contribution in [0, 0.1) is 6.92 Å². The fourth-order valence-electron chi connectivity index (χ4n) is 1.81. The van der Waals surface area contributed by atoms with Crippen molar-refractivity contribution in [2.75, 3.05) is 5.32 Å². The van der Waals surface area contributed by atoms with Crippen LogP contribution in [0.25, 0.3) is 0 Å². The van der Waals surface area contributed by atoms with Gasteiger partial charge in [0.2, 0.25) is 0 Å². The molecule has 0 fully saturated rings. The van der Waals surface area contributed by atoms with Crippen LogP contribution < -0.4 is 5.32 Å². The first-order chi connectivity index (χ1) is 8.70. The molecule has 0 bridgehead atoms. The molecule has 1 N–H and O–H groups in total. The number of aryl methyl sites for hydroxylation is 1. The van der Waals surface area contributed by atoms with Gasteiger partial charge in [-0.25, -0.2) is 4.98 Å². The Hall–Kier alpha value is -1.42. The summed E-state index contributed by atoms with van der Waals surface area (Å²) in [6.07, 6.45) is 6.47. The summed E-state index contributed by atoms with van der Waals surface area (Å²) in [7, 11) is 0. The smallest absolute Gasteiger partial charge is 0.126 e. The number of rotatable bonds is 4. The van der Waals surface area contributed by atoms with E-state index in [1.54, 1.807) is 0 Å². The van der Waals surface area contributed by atoms with Crippen LogP contribution in [-0.2, 0) is 0 Å². The molecule has 1 unspecified atom stereocenters. The molecule has 0 aromatic carbocycles. The Morgan fingerprint density at radius 2 is 2.06 bits per heavy atom. The lowest BCUT2D eigenvalue weighted by molar-refractivity contribution is 0.742. The van der Waals surface area contributed by atoms with Gasteiger partial charge in [0.15, 0.2) is 0 Å². The van der Waals surface area contributed by atoms with Crippen LogP contribution in [0.3, 0.4) is 0 Å². The van der Waals surface area contributed by atoms with Crippen LogP contribution in [0.2, 0.25) is 0 Å². The molecule has 94 valence electrons. The first-order valence-electron chi connectivity index (χ1n) is 5.99. The lowest BCUT2D eigenvalue weighted by Crippen LogP contribution is -2.10. The number of pyridine rings is 2. The lowest BCUT2D eigenvalue weighted by atomic mass is 10.1. The molecule has 0 aliphatic carbocycles. The van der Waals surface area contributed by atoms with Crippen LogP contribution >= 0.6 is 15.9 Å². The monoisotopic (exact) mass is 305 g/mol. The minimum absolute atomic E-state index is 0.265. The third-order valence-corrected chi connectivity index (χ3v) is 3.72. The van der Waals surface area contributed by atoms with Crippen molar-refractivity contribution in [2.45, 2.75) is 26.3 Å². The highest BCUT2D eigenvalue weighted by atomic mass is 79.9. The van der Waals surface area contributed by atoms with Crippen LogP contribution in [0.15, 0.2) is 41.3 Å². The normalized spacial score (nSPS) is 12.2. The van der Waals surface area contributed by atoms with Gasteiger partial charge >= 0.3 is 0 Å². The number of aromatic nitrogens is 2. The average Bonchev–Trinajstić information content (AvgIpc) is 2.41. The molecule has 2 heterocycles. The van der Waals surface area contributed by atoms with E-state index in [4.69, 9.17) is 0 Å². The van der Waals surface area contributed by atoms with E-state index < -0.39 is 0 Å². The molecule has 1 atom stereocenters. The lowest BCUT2D eigenvalue weighted by Gasteiger charge is -2.18. The van der Waals surface area contributed by atoms with Gasteiger partial charge in [-0.2, -0.15) is 0 Å². The number of hydrogen-bond donors (Lipinski definition) is 1. The third kappa shape index (κ3) is 3.07. The highest BCUT2D eigenvalue weighted by molar-refractivity contribution is 9.10. The maximum absolute atomic E-state index is 4.38. The van der Waals surface area contributed by atoms with Crippen LogP contribution in [0.4, 0.5) is 5.82 Å². The van der Waals surface area contributed by atoms with Crippen molar-refractivity contribution in [1.82, 2.24) is 9.97 Å². The van der Waals surface area contributed by atoms with E-state index in [0.29, 0.717) is 0 Å². The average molecular weight is 306 g/mol. The zero-order valence-electron chi connectivity index (χ0n) is 10.5. The molecule has 0 aliphatic rings. The van der Waals surface area contributed by atoms with Crippen molar-refractivity contribution in [3.8, 4) is 0 Å². The summed E-state index contributed by atoms with van der Waals surface area (Å²) < 4.78 is 1.03. The molecule has 4 heteroatoms. The molecular formula is C14H16BrN3. The second-order valence-corrected chi connectivity index (χ2v) is 5.06. The van der Waals surface area contributed by atoms with Crippen molar-refractivity contribution >= 4 is 21.7 Å². The summed E-state index contributed by atoms with van der Waals surface area (Å²) in [5, 5.41) is 3.45. The van der Waals surface area contributed by atoms with Crippen molar-refractivity contribution < 1.29 is 0 Å². The third-order valence-electron chi connectivity index (χ3n) is 2.89. The molecular weight excluding hydrogens is 290 g/mol. The minimum Gasteiger partial charge on any atom is -0.363 e. The summed E-state index contributed by atoms with van der Waals surface area (Å²) >= 11 is 3.46. The van der Waals surface area contributed by atoms with Gasteiger partial charge in [-0.15, -0.1) is 0 Å². The summed E-state index contributed by atoms with van der Waals surface area (Å²) in [6.45, 7) is 4.22. The molecule has 0 radical (unpaired) electrons. The summed E-state index contributed by atoms with van der Waals surface area (Å²) in [5.41, 5.74) is 2.41. The molecule has 2 aromatic heterocycles. The minimum atomic E-state index is 0.265. The molecule has 0 aliphatic heterocycles. The van der Waals surface area contributed by atoms with Crippen LogP contribution in [-0.4, -0.2) is 9.97 Å². The van der Waals surface area contributed by atoms with Crippen LogP contribution in [0.1, 0.15) is 30.5 Å². The van der Waals surface area contributed by atoms with Crippen molar-refractivity contribution in [2.24, 2.45) is 0 Å². The number of nitrogens with zero attached hydrogens (tertiary/aromatic N) is 2. The Morgan fingerprint density at radius 1 is 1.33 bits per heavy atom. The van der Waals surface area contributed by atoms with E-state index in [1.165, 1.54) is 11.1 Å². The van der Waals surface area contributed by atoms with E-state index in [2.05, 4.69) is 45.1 Å². The van der Waals surface area contributed by atoms with Gasteiger partial charge in [0, 0.05) is 23.1 Å². The first-order valence-corrected chi connectivity index (χ1v) is 6.78. The van der Waals surface area contributed by atoms with E-state index in [-0.39, 0.29) is 6.04 Å². The second kappa shape index (κ2) is 5.96. The predicted molar refractivity (Wildman–Crippen MR) is 77.6 cm³/mol. The maximum atomic E-state index is 4.38. The van der Waals surface area contributed by atoms with E-state index in [9.17, 15) is 0 Å². The van der Waals surface area contributed by atoms with Gasteiger partial charge in [0.05, 0.1) is 6.04 Å². The fourth-order valence-corrected chi connectivity index (χ4v) is 2.03. The number of nitrogens with one attached hydrogen (secondary N) is 1. The maximum Gasteiger partial charge on any atom is 0.126 e. The largest absolute Gasteiger partial charge is 0.363 e. The van der Waals surface area contributed by atoms with Gasteiger partial charge in [0.25, 0.3) is 0 Å². The SMILES string of the molecule is CCC(Nc1cc(C)c(Br)cn1)c1ccncc1. The summed E-state index contributed by atoms with van der Waals surface area (Å²) in [4.78, 5) is 8.42. The van der Waals surface area contributed by atoms with Gasteiger partial charge in [-0.1, -0.05) is 6.92 Å². The molecule has 2 rings (SSSR count).